The fourth-order valence-corrected chi connectivity index (χ4v) is 6.28. The fourth-order valence-electron chi connectivity index (χ4n) is 4.08. The van der Waals surface area contributed by atoms with Crippen LogP contribution in [0.25, 0.3) is 0 Å². The van der Waals surface area contributed by atoms with Crippen LogP contribution in [0, 0.1) is 5.92 Å². The van der Waals surface area contributed by atoms with Crippen LogP contribution in [-0.2, 0) is 20.6 Å². The number of halogens is 2. The van der Waals surface area contributed by atoms with E-state index in [1.807, 2.05) is 25.1 Å². The van der Waals surface area contributed by atoms with Crippen LogP contribution in [0.3, 0.4) is 0 Å². The predicted molar refractivity (Wildman–Crippen MR) is 127 cm³/mol. The average molecular weight is 513 g/mol. The molecule has 0 bridgehead atoms. The Kier molecular flexibility index (Phi) is 7.38. The van der Waals surface area contributed by atoms with E-state index in [0.717, 1.165) is 5.56 Å². The number of fused-ring (bicyclic) bond motifs is 1. The summed E-state index contributed by atoms with van der Waals surface area (Å²) in [5.74, 6) is 0.536. The number of nitrogens with one attached hydrogen (secondary N) is 1. The van der Waals surface area contributed by atoms with E-state index < -0.39 is 15.9 Å². The van der Waals surface area contributed by atoms with Crippen LogP contribution in [0.2, 0.25) is 10.0 Å². The van der Waals surface area contributed by atoms with Crippen molar-refractivity contribution in [2.24, 2.45) is 5.92 Å². The minimum absolute atomic E-state index is 0.146. The topological polar surface area (TPSA) is 84.9 Å². The molecule has 1 N–H and O–H groups in total. The lowest BCUT2D eigenvalue weighted by Gasteiger charge is -2.32. The fraction of sp³-hybridized carbons (Fsp3) is 0.435. The van der Waals surface area contributed by atoms with E-state index in [-0.39, 0.29) is 24.2 Å². The van der Waals surface area contributed by atoms with E-state index in [0.29, 0.717) is 59.7 Å². The lowest BCUT2D eigenvalue weighted by molar-refractivity contribution is -0.126. The summed E-state index contributed by atoms with van der Waals surface area (Å²) in [5.41, 5.74) is 1.38. The summed E-state index contributed by atoms with van der Waals surface area (Å²) in [6.07, 6.45) is 1.25. The number of carbonyl (C=O) groups is 1. The van der Waals surface area contributed by atoms with Crippen LogP contribution in [0.1, 0.15) is 36.9 Å². The van der Waals surface area contributed by atoms with Crippen molar-refractivity contribution in [3.8, 4) is 11.5 Å². The monoisotopic (exact) mass is 512 g/mol. The minimum Gasteiger partial charge on any atom is -0.486 e. The van der Waals surface area contributed by atoms with Gasteiger partial charge < -0.3 is 14.8 Å². The first-order valence-corrected chi connectivity index (χ1v) is 13.2. The third-order valence-corrected chi connectivity index (χ3v) is 8.31. The van der Waals surface area contributed by atoms with Gasteiger partial charge in [-0.25, -0.2) is 12.7 Å². The molecular formula is C23H26Cl2N2O5S. The molecule has 2 heterocycles. The first-order valence-electron chi connectivity index (χ1n) is 10.8. The van der Waals surface area contributed by atoms with Crippen molar-refractivity contribution in [2.45, 2.75) is 31.6 Å². The van der Waals surface area contributed by atoms with E-state index in [1.54, 1.807) is 12.1 Å². The molecule has 0 spiro atoms. The molecule has 7 nitrogen and oxygen atoms in total. The number of amides is 1. The molecule has 0 saturated carbocycles. The molecule has 1 amide bonds. The maximum Gasteiger partial charge on any atom is 0.224 e. The van der Waals surface area contributed by atoms with Crippen molar-refractivity contribution >= 4 is 39.1 Å². The Morgan fingerprint density at radius 1 is 1.15 bits per heavy atom. The Labute approximate surface area is 204 Å². The molecule has 0 unspecified atom stereocenters. The van der Waals surface area contributed by atoms with Crippen LogP contribution < -0.4 is 14.8 Å². The SMILES string of the molecule is C[C@H](NC(=O)[C@@H]1CCCN(S(=O)(=O)Cc2ccc(Cl)cc2Cl)C1)c1ccc2c(c1)OCCO2. The van der Waals surface area contributed by atoms with E-state index in [9.17, 15) is 13.2 Å². The predicted octanol–water partition coefficient (Wildman–Crippen LogP) is 4.18. The zero-order valence-electron chi connectivity index (χ0n) is 18.2. The summed E-state index contributed by atoms with van der Waals surface area (Å²) in [4.78, 5) is 13.0. The van der Waals surface area contributed by atoms with Gasteiger partial charge in [-0.2, -0.15) is 0 Å². The number of piperidine rings is 1. The van der Waals surface area contributed by atoms with Gasteiger partial charge in [-0.3, -0.25) is 4.79 Å². The van der Waals surface area contributed by atoms with Crippen molar-refractivity contribution in [3.05, 3.63) is 57.6 Å². The molecule has 0 aliphatic carbocycles. The molecule has 2 atom stereocenters. The Balaban J connectivity index is 1.39. The number of hydrogen-bond donors (Lipinski definition) is 1. The Bertz CT molecular complexity index is 1140. The molecule has 2 aromatic carbocycles. The second kappa shape index (κ2) is 10.1. The summed E-state index contributed by atoms with van der Waals surface area (Å²) < 4.78 is 38.6. The number of benzene rings is 2. The van der Waals surface area contributed by atoms with Crippen molar-refractivity contribution < 1.29 is 22.7 Å². The first kappa shape index (κ1) is 24.1. The Morgan fingerprint density at radius 2 is 1.91 bits per heavy atom. The highest BCUT2D eigenvalue weighted by Gasteiger charge is 2.33. The van der Waals surface area contributed by atoms with Crippen LogP contribution in [-0.4, -0.2) is 44.9 Å². The van der Waals surface area contributed by atoms with Gasteiger partial charge in [0, 0.05) is 23.1 Å². The zero-order chi connectivity index (χ0) is 23.6. The Morgan fingerprint density at radius 3 is 2.67 bits per heavy atom. The molecule has 1 fully saturated rings. The molecule has 2 aliphatic rings. The minimum atomic E-state index is -3.63. The average Bonchev–Trinajstić information content (AvgIpc) is 2.80. The largest absolute Gasteiger partial charge is 0.486 e. The number of hydrogen-bond acceptors (Lipinski definition) is 5. The highest BCUT2D eigenvalue weighted by molar-refractivity contribution is 7.88. The van der Waals surface area contributed by atoms with Gasteiger partial charge in [0.15, 0.2) is 11.5 Å². The number of rotatable bonds is 6. The number of sulfonamides is 1. The lowest BCUT2D eigenvalue weighted by atomic mass is 9.97. The van der Waals surface area contributed by atoms with Gasteiger partial charge in [-0.15, -0.1) is 0 Å². The van der Waals surface area contributed by atoms with Gasteiger partial charge in [0.2, 0.25) is 15.9 Å². The first-order chi connectivity index (χ1) is 15.7. The molecule has 2 aromatic rings. The second-order valence-electron chi connectivity index (χ2n) is 8.32. The third-order valence-electron chi connectivity index (χ3n) is 5.93. The molecule has 1 saturated heterocycles. The molecular weight excluding hydrogens is 487 g/mol. The van der Waals surface area contributed by atoms with Gasteiger partial charge in [-0.1, -0.05) is 35.3 Å². The summed E-state index contributed by atoms with van der Waals surface area (Å²) in [6.45, 7) is 3.43. The lowest BCUT2D eigenvalue weighted by Crippen LogP contribution is -2.46. The van der Waals surface area contributed by atoms with E-state index in [1.165, 1.54) is 10.4 Å². The van der Waals surface area contributed by atoms with Crippen LogP contribution in [0.15, 0.2) is 36.4 Å². The highest BCUT2D eigenvalue weighted by atomic mass is 35.5. The van der Waals surface area contributed by atoms with E-state index in [2.05, 4.69) is 5.32 Å². The summed E-state index contributed by atoms with van der Waals surface area (Å²) in [5, 5.41) is 3.78. The maximum absolute atomic E-state index is 13.0. The molecule has 0 radical (unpaired) electrons. The standard InChI is InChI=1S/C23H26Cl2N2O5S/c1-15(16-5-7-21-22(11-16)32-10-9-31-21)26-23(28)17-3-2-8-27(13-17)33(29,30)14-18-4-6-19(24)12-20(18)25/h4-7,11-12,15,17H,2-3,8-10,13-14H2,1H3,(H,26,28)/t15-,17+/m0/s1. The summed E-state index contributed by atoms with van der Waals surface area (Å²) in [6, 6.07) is 10.1. The molecule has 178 valence electrons. The van der Waals surface area contributed by atoms with E-state index in [4.69, 9.17) is 32.7 Å². The van der Waals surface area contributed by atoms with E-state index >= 15 is 0 Å². The summed E-state index contributed by atoms with van der Waals surface area (Å²) in [7, 11) is -3.63. The van der Waals surface area contributed by atoms with Gasteiger partial charge >= 0.3 is 0 Å². The molecule has 4 rings (SSSR count). The number of nitrogens with zero attached hydrogens (tertiary/aromatic N) is 1. The van der Waals surface area contributed by atoms with Crippen LogP contribution in [0.4, 0.5) is 0 Å². The van der Waals surface area contributed by atoms with Crippen molar-refractivity contribution in [1.29, 1.82) is 0 Å². The van der Waals surface area contributed by atoms with Crippen molar-refractivity contribution in [2.75, 3.05) is 26.3 Å². The maximum atomic E-state index is 13.0. The number of ether oxygens (including phenoxy) is 2. The van der Waals surface area contributed by atoms with Gasteiger partial charge in [-0.05, 0) is 55.2 Å². The molecule has 33 heavy (non-hydrogen) atoms. The third kappa shape index (κ3) is 5.74. The molecule has 2 aliphatic heterocycles. The van der Waals surface area contributed by atoms with Crippen LogP contribution in [0.5, 0.6) is 11.5 Å². The second-order valence-corrected chi connectivity index (χ2v) is 11.1. The smallest absolute Gasteiger partial charge is 0.224 e. The van der Waals surface area contributed by atoms with Gasteiger partial charge in [0.25, 0.3) is 0 Å². The quantitative estimate of drug-likeness (QED) is 0.627. The van der Waals surface area contributed by atoms with Gasteiger partial charge in [0.1, 0.15) is 13.2 Å². The van der Waals surface area contributed by atoms with Crippen molar-refractivity contribution in [3.63, 3.8) is 0 Å². The number of carbonyl (C=O) groups excluding carboxylic acids is 1. The zero-order valence-corrected chi connectivity index (χ0v) is 20.5. The highest BCUT2D eigenvalue weighted by Crippen LogP contribution is 2.33. The Hall–Kier alpha value is -2.00. The molecule has 0 aromatic heterocycles. The normalized spacial score (nSPS) is 19.7. The van der Waals surface area contributed by atoms with Crippen LogP contribution >= 0.6 is 23.2 Å². The van der Waals surface area contributed by atoms with Crippen molar-refractivity contribution in [1.82, 2.24) is 9.62 Å². The summed E-state index contributed by atoms with van der Waals surface area (Å²) >= 11 is 12.1. The molecule has 10 heteroatoms. The van der Waals surface area contributed by atoms with Gasteiger partial charge in [0.05, 0.1) is 17.7 Å².